The van der Waals surface area contributed by atoms with Gasteiger partial charge in [0.25, 0.3) is 11.7 Å². The van der Waals surface area contributed by atoms with Gasteiger partial charge in [0.2, 0.25) is 5.91 Å². The van der Waals surface area contributed by atoms with Gasteiger partial charge in [-0.1, -0.05) is 11.6 Å². The van der Waals surface area contributed by atoms with Gasteiger partial charge in [0, 0.05) is 53.9 Å². The number of aliphatic hydroxyl groups excluding tert-OH is 1. The predicted molar refractivity (Wildman–Crippen MR) is 149 cm³/mol. The van der Waals surface area contributed by atoms with E-state index in [0.29, 0.717) is 39.7 Å². The summed E-state index contributed by atoms with van der Waals surface area (Å²) in [5.41, 5.74) is 1.12. The number of carbonyl (C=O) groups is 2. The smallest absolute Gasteiger partial charge is 0.251 e. The van der Waals surface area contributed by atoms with Crippen molar-refractivity contribution in [3.8, 4) is 11.5 Å². The van der Waals surface area contributed by atoms with E-state index >= 15 is 0 Å². The van der Waals surface area contributed by atoms with Crippen LogP contribution < -0.4 is 25.4 Å². The van der Waals surface area contributed by atoms with Gasteiger partial charge in [-0.15, -0.1) is 0 Å². The third-order valence-corrected chi connectivity index (χ3v) is 10.3. The molecule has 4 N–H and O–H groups in total. The van der Waals surface area contributed by atoms with Gasteiger partial charge in [0.15, 0.2) is 11.5 Å². The van der Waals surface area contributed by atoms with Crippen LogP contribution in [0.2, 0.25) is 5.02 Å². The number of hydrogen-bond donors (Lipinski definition) is 4. The van der Waals surface area contributed by atoms with Gasteiger partial charge in [-0.05, 0) is 71.1 Å². The van der Waals surface area contributed by atoms with Crippen LogP contribution in [0.1, 0.15) is 74.7 Å². The van der Waals surface area contributed by atoms with Crippen molar-refractivity contribution in [2.45, 2.75) is 101 Å². The summed E-state index contributed by atoms with van der Waals surface area (Å²) in [7, 11) is 0. The fourth-order valence-electron chi connectivity index (χ4n) is 6.46. The zero-order valence-corrected chi connectivity index (χ0v) is 24.2. The molecule has 0 spiro atoms. The fourth-order valence-corrected chi connectivity index (χ4v) is 7.73. The molecule has 38 heavy (non-hydrogen) atoms. The highest BCUT2D eigenvalue weighted by atomic mass is 35.5. The molecule has 5 rings (SSSR count). The molecule has 2 aliphatic carbocycles. The largest absolute Gasteiger partial charge is 0.448 e. The Bertz CT molecular complexity index is 1080. The lowest BCUT2D eigenvalue weighted by Gasteiger charge is -2.40. The van der Waals surface area contributed by atoms with Crippen LogP contribution >= 0.6 is 23.4 Å². The molecule has 4 aliphatic rings. The lowest BCUT2D eigenvalue weighted by molar-refractivity contribution is -0.127. The van der Waals surface area contributed by atoms with Gasteiger partial charge in [0.05, 0.1) is 17.0 Å². The Morgan fingerprint density at radius 3 is 2.53 bits per heavy atom. The summed E-state index contributed by atoms with van der Waals surface area (Å²) in [4.78, 5) is 25.8. The maximum Gasteiger partial charge on any atom is 0.251 e. The van der Waals surface area contributed by atoms with Crippen molar-refractivity contribution >= 4 is 35.2 Å². The number of halogens is 1. The lowest BCUT2D eigenvalue weighted by atomic mass is 9.80. The van der Waals surface area contributed by atoms with E-state index in [1.54, 1.807) is 17.8 Å². The fraction of sp³-hybridized carbons (Fsp3) is 0.714. The predicted octanol–water partition coefficient (Wildman–Crippen LogP) is 3.79. The molecule has 10 heteroatoms. The van der Waals surface area contributed by atoms with Crippen molar-refractivity contribution in [2.75, 3.05) is 12.8 Å². The minimum absolute atomic E-state index is 0.0187. The first-order valence-corrected chi connectivity index (χ1v) is 15.5. The van der Waals surface area contributed by atoms with Crippen molar-refractivity contribution in [3.63, 3.8) is 0 Å². The molecule has 1 aromatic carbocycles. The molecule has 210 valence electrons. The number of nitrogens with one attached hydrogen (secondary N) is 3. The minimum Gasteiger partial charge on any atom is -0.448 e. The highest BCUT2D eigenvalue weighted by Crippen LogP contribution is 2.51. The molecule has 4 atom stereocenters. The second-order valence-electron chi connectivity index (χ2n) is 11.7. The number of ether oxygens (including phenoxy) is 2. The normalized spacial score (nSPS) is 36.4. The zero-order chi connectivity index (χ0) is 27.2. The molecule has 2 amide bonds. The van der Waals surface area contributed by atoms with Crippen molar-refractivity contribution in [1.82, 2.24) is 16.0 Å². The second kappa shape index (κ2) is 11.1. The average molecular weight is 566 g/mol. The Morgan fingerprint density at radius 1 is 1.18 bits per heavy atom. The zero-order valence-electron chi connectivity index (χ0n) is 22.6. The van der Waals surface area contributed by atoms with Crippen LogP contribution in [0.3, 0.4) is 0 Å². The van der Waals surface area contributed by atoms with Crippen molar-refractivity contribution < 1.29 is 24.2 Å². The van der Waals surface area contributed by atoms with Crippen LogP contribution in [-0.4, -0.2) is 65.0 Å². The summed E-state index contributed by atoms with van der Waals surface area (Å²) < 4.78 is 12.8. The van der Waals surface area contributed by atoms with Gasteiger partial charge < -0.3 is 30.5 Å². The monoisotopic (exact) mass is 565 g/mol. The molecule has 8 nitrogen and oxygen atoms in total. The molecule has 2 heterocycles. The molecular weight excluding hydrogens is 526 g/mol. The van der Waals surface area contributed by atoms with E-state index < -0.39 is 5.79 Å². The highest BCUT2D eigenvalue weighted by molar-refractivity contribution is 7.99. The SMILES string of the molecule is CSC1CC(C)NC(=O)C1CNC(=O)c1cc(Cl)c2c(c1C)OC(C)(C1CCC(NC3CC(O)C3)CC1)O2. The van der Waals surface area contributed by atoms with E-state index in [4.69, 9.17) is 21.1 Å². The number of rotatable bonds is 7. The van der Waals surface area contributed by atoms with Crippen LogP contribution in [0.5, 0.6) is 11.5 Å². The van der Waals surface area contributed by atoms with Gasteiger partial charge in [0.1, 0.15) is 0 Å². The number of piperidine rings is 1. The Labute approximate surface area is 234 Å². The molecule has 0 bridgehead atoms. The Morgan fingerprint density at radius 2 is 1.87 bits per heavy atom. The van der Waals surface area contributed by atoms with E-state index in [-0.39, 0.29) is 47.6 Å². The molecule has 1 aromatic rings. The van der Waals surface area contributed by atoms with Crippen LogP contribution in [0, 0.1) is 18.8 Å². The van der Waals surface area contributed by atoms with Crippen LogP contribution in [0.4, 0.5) is 0 Å². The molecular formula is C28H40ClN3O5S. The first kappa shape index (κ1) is 27.9. The Balaban J connectivity index is 1.22. The van der Waals surface area contributed by atoms with Gasteiger partial charge >= 0.3 is 0 Å². The summed E-state index contributed by atoms with van der Waals surface area (Å²) in [5, 5.41) is 19.7. The average Bonchev–Trinajstić information content (AvgIpc) is 3.24. The number of hydrogen-bond acceptors (Lipinski definition) is 7. The number of benzene rings is 1. The number of aliphatic hydroxyl groups is 1. The third kappa shape index (κ3) is 5.49. The standard InChI is InChI=1S/C28H40ClN3O5S/c1-14-9-23(38-4)21(27(35)31-14)13-30-26(34)20-12-22(29)25-24(15(20)2)36-28(3,37-25)16-5-7-17(8-6-16)32-18-10-19(33)11-18/h12,14,16-19,21,23,32-33H,5-11,13H2,1-4H3,(H,30,34)(H,31,35). The maximum atomic E-state index is 13.2. The molecule has 2 aliphatic heterocycles. The molecule has 0 radical (unpaired) electrons. The van der Waals surface area contributed by atoms with Crippen molar-refractivity contribution in [3.05, 3.63) is 22.2 Å². The van der Waals surface area contributed by atoms with Crippen LogP contribution in [0.15, 0.2) is 6.07 Å². The van der Waals surface area contributed by atoms with Gasteiger partial charge in [-0.3, -0.25) is 9.59 Å². The van der Waals surface area contributed by atoms with Crippen LogP contribution in [0.25, 0.3) is 0 Å². The van der Waals surface area contributed by atoms with E-state index in [1.165, 1.54) is 0 Å². The number of fused-ring (bicyclic) bond motifs is 1. The molecule has 1 saturated heterocycles. The van der Waals surface area contributed by atoms with Crippen LogP contribution in [-0.2, 0) is 4.79 Å². The topological polar surface area (TPSA) is 109 Å². The number of amides is 2. The summed E-state index contributed by atoms with van der Waals surface area (Å²) in [6.07, 6.45) is 8.40. The molecule has 0 aromatic heterocycles. The first-order valence-electron chi connectivity index (χ1n) is 13.8. The minimum atomic E-state index is -0.841. The van der Waals surface area contributed by atoms with Gasteiger partial charge in [-0.2, -0.15) is 11.8 Å². The summed E-state index contributed by atoms with van der Waals surface area (Å²) in [6.45, 7) is 6.09. The lowest BCUT2D eigenvalue weighted by Crippen LogP contribution is -2.52. The number of thioether (sulfide) groups is 1. The summed E-state index contributed by atoms with van der Waals surface area (Å²) in [6, 6.07) is 2.67. The summed E-state index contributed by atoms with van der Waals surface area (Å²) >= 11 is 8.29. The van der Waals surface area contributed by atoms with E-state index in [0.717, 1.165) is 44.9 Å². The third-order valence-electron chi connectivity index (χ3n) is 8.89. The molecule has 2 saturated carbocycles. The second-order valence-corrected chi connectivity index (χ2v) is 13.2. The van der Waals surface area contributed by atoms with E-state index in [9.17, 15) is 14.7 Å². The first-order chi connectivity index (χ1) is 18.1. The summed E-state index contributed by atoms with van der Waals surface area (Å²) in [5.74, 6) is -0.194. The van der Waals surface area contributed by atoms with Crippen molar-refractivity contribution in [2.24, 2.45) is 11.8 Å². The van der Waals surface area contributed by atoms with Gasteiger partial charge in [-0.25, -0.2) is 0 Å². The Kier molecular flexibility index (Phi) is 8.11. The van der Waals surface area contributed by atoms with E-state index in [1.807, 2.05) is 27.0 Å². The maximum absolute atomic E-state index is 13.2. The quantitative estimate of drug-likeness (QED) is 0.398. The number of carbonyl (C=O) groups excluding carboxylic acids is 2. The highest BCUT2D eigenvalue weighted by Gasteiger charge is 2.47. The van der Waals surface area contributed by atoms with E-state index in [2.05, 4.69) is 16.0 Å². The Hall–Kier alpha value is -1.68. The molecule has 4 unspecified atom stereocenters. The van der Waals surface area contributed by atoms with Crippen molar-refractivity contribution in [1.29, 1.82) is 0 Å². The molecule has 3 fully saturated rings.